The van der Waals surface area contributed by atoms with Crippen LogP contribution in [-0.2, 0) is 13.6 Å². The van der Waals surface area contributed by atoms with E-state index in [1.54, 1.807) is 38.2 Å². The van der Waals surface area contributed by atoms with E-state index in [2.05, 4.69) is 0 Å². The van der Waals surface area contributed by atoms with E-state index >= 15 is 0 Å². The van der Waals surface area contributed by atoms with E-state index < -0.39 is 11.8 Å². The molecular weight excluding hydrogens is 244 g/mol. The quantitative estimate of drug-likeness (QED) is 0.878. The third-order valence-corrected chi connectivity index (χ3v) is 3.04. The second-order valence-electron chi connectivity index (χ2n) is 4.55. The van der Waals surface area contributed by atoms with Crippen LogP contribution in [0, 0.1) is 6.92 Å². The molecule has 0 saturated heterocycles. The van der Waals surface area contributed by atoms with Crippen molar-refractivity contribution in [3.63, 3.8) is 0 Å². The molecule has 2 aromatic rings. The molecule has 1 aromatic carbocycles. The van der Waals surface area contributed by atoms with Gasteiger partial charge in [-0.05, 0) is 12.5 Å². The Morgan fingerprint density at radius 1 is 1.21 bits per heavy atom. The molecule has 5 nitrogen and oxygen atoms in total. The largest absolute Gasteiger partial charge is 0.387 e. The predicted octanol–water partition coefficient (Wildman–Crippen LogP) is 0.589. The van der Waals surface area contributed by atoms with Crippen molar-refractivity contribution in [1.82, 2.24) is 9.13 Å². The van der Waals surface area contributed by atoms with Gasteiger partial charge in [-0.3, -0.25) is 9.36 Å². The summed E-state index contributed by atoms with van der Waals surface area (Å²) in [6, 6.07) is 8.96. The van der Waals surface area contributed by atoms with E-state index in [1.165, 1.54) is 10.8 Å². The van der Waals surface area contributed by atoms with E-state index in [0.717, 1.165) is 4.57 Å². The highest BCUT2D eigenvalue weighted by atomic mass is 16.3. The molecule has 2 rings (SSSR count). The van der Waals surface area contributed by atoms with Crippen LogP contribution in [0.15, 0.2) is 46.1 Å². The average molecular weight is 260 g/mol. The Morgan fingerprint density at radius 3 is 2.47 bits per heavy atom. The summed E-state index contributed by atoms with van der Waals surface area (Å²) >= 11 is 0. The van der Waals surface area contributed by atoms with Crippen LogP contribution in [0.4, 0.5) is 0 Å². The van der Waals surface area contributed by atoms with Crippen LogP contribution in [-0.4, -0.2) is 14.2 Å². The van der Waals surface area contributed by atoms with Crippen molar-refractivity contribution in [1.29, 1.82) is 0 Å². The highest BCUT2D eigenvalue weighted by Crippen LogP contribution is 2.12. The lowest BCUT2D eigenvalue weighted by Gasteiger charge is -2.13. The minimum atomic E-state index is -0.881. The van der Waals surface area contributed by atoms with E-state index in [0.29, 0.717) is 11.1 Å². The maximum absolute atomic E-state index is 11.9. The number of hydrogen-bond acceptors (Lipinski definition) is 3. The van der Waals surface area contributed by atoms with Gasteiger partial charge in [0, 0.05) is 18.8 Å². The molecule has 1 unspecified atom stereocenters. The van der Waals surface area contributed by atoms with Gasteiger partial charge in [0.25, 0.3) is 5.56 Å². The van der Waals surface area contributed by atoms with E-state index in [1.807, 2.05) is 6.07 Å². The molecule has 1 atom stereocenters. The average Bonchev–Trinajstić information content (AvgIpc) is 2.42. The Morgan fingerprint density at radius 2 is 1.84 bits per heavy atom. The molecule has 0 aliphatic rings. The van der Waals surface area contributed by atoms with Gasteiger partial charge in [0.15, 0.2) is 0 Å². The molecule has 0 bridgehead atoms. The van der Waals surface area contributed by atoms with Gasteiger partial charge in [-0.15, -0.1) is 0 Å². The SMILES string of the molecule is Cc1cn(C)c(=O)n(CC(O)c2ccccc2)c1=O. The Labute approximate surface area is 110 Å². The Bertz CT molecular complexity index is 652. The normalized spacial score (nSPS) is 12.4. The fourth-order valence-electron chi connectivity index (χ4n) is 2.01. The van der Waals surface area contributed by atoms with Crippen molar-refractivity contribution in [2.24, 2.45) is 7.05 Å². The zero-order chi connectivity index (χ0) is 14.0. The fraction of sp³-hybridized carbons (Fsp3) is 0.286. The molecule has 0 aliphatic carbocycles. The molecule has 0 spiro atoms. The lowest BCUT2D eigenvalue weighted by molar-refractivity contribution is 0.152. The Kier molecular flexibility index (Phi) is 3.66. The number of aromatic nitrogens is 2. The summed E-state index contributed by atoms with van der Waals surface area (Å²) in [5.41, 5.74) is 0.365. The second kappa shape index (κ2) is 5.24. The second-order valence-corrected chi connectivity index (χ2v) is 4.55. The molecule has 0 saturated carbocycles. The van der Waals surface area contributed by atoms with Gasteiger partial charge in [-0.25, -0.2) is 4.79 Å². The summed E-state index contributed by atoms with van der Waals surface area (Å²) in [5.74, 6) is 0. The third-order valence-electron chi connectivity index (χ3n) is 3.04. The van der Waals surface area contributed by atoms with Crippen LogP contribution in [0.3, 0.4) is 0 Å². The number of benzene rings is 1. The zero-order valence-corrected chi connectivity index (χ0v) is 10.9. The summed E-state index contributed by atoms with van der Waals surface area (Å²) in [7, 11) is 1.58. The summed E-state index contributed by atoms with van der Waals surface area (Å²) < 4.78 is 2.40. The Hall–Kier alpha value is -2.14. The smallest absolute Gasteiger partial charge is 0.330 e. The maximum atomic E-state index is 11.9. The summed E-state index contributed by atoms with van der Waals surface area (Å²) in [4.78, 5) is 23.9. The molecule has 1 aromatic heterocycles. The molecule has 5 heteroatoms. The maximum Gasteiger partial charge on any atom is 0.330 e. The topological polar surface area (TPSA) is 64.2 Å². The van der Waals surface area contributed by atoms with Crippen LogP contribution in [0.25, 0.3) is 0 Å². The molecule has 0 aliphatic heterocycles. The van der Waals surface area contributed by atoms with Gasteiger partial charge >= 0.3 is 5.69 Å². The van der Waals surface area contributed by atoms with Gasteiger partial charge < -0.3 is 9.67 Å². The van der Waals surface area contributed by atoms with Crippen LogP contribution < -0.4 is 11.2 Å². The molecule has 0 amide bonds. The summed E-state index contributed by atoms with van der Waals surface area (Å²) in [6.45, 7) is 1.60. The highest BCUT2D eigenvalue weighted by molar-refractivity contribution is 5.17. The van der Waals surface area contributed by atoms with Crippen molar-refractivity contribution in [3.8, 4) is 0 Å². The zero-order valence-electron chi connectivity index (χ0n) is 10.9. The number of aliphatic hydroxyl groups is 1. The molecule has 1 N–H and O–H groups in total. The molecule has 100 valence electrons. The molecular formula is C14H16N2O3. The van der Waals surface area contributed by atoms with Crippen LogP contribution in [0.1, 0.15) is 17.2 Å². The third kappa shape index (κ3) is 2.66. The van der Waals surface area contributed by atoms with E-state index in [9.17, 15) is 14.7 Å². The number of hydrogen-bond donors (Lipinski definition) is 1. The van der Waals surface area contributed by atoms with Gasteiger partial charge in [0.05, 0.1) is 12.6 Å². The first-order valence-corrected chi connectivity index (χ1v) is 6.01. The number of aryl methyl sites for hydroxylation is 2. The fourth-order valence-corrected chi connectivity index (χ4v) is 2.01. The van der Waals surface area contributed by atoms with Gasteiger partial charge in [-0.2, -0.15) is 0 Å². The van der Waals surface area contributed by atoms with E-state index in [4.69, 9.17) is 0 Å². The van der Waals surface area contributed by atoms with Crippen molar-refractivity contribution in [2.45, 2.75) is 19.6 Å². The number of rotatable bonds is 3. The van der Waals surface area contributed by atoms with Gasteiger partial charge in [0.1, 0.15) is 0 Å². The van der Waals surface area contributed by atoms with Crippen LogP contribution in [0.2, 0.25) is 0 Å². The number of nitrogens with zero attached hydrogens (tertiary/aromatic N) is 2. The molecule has 1 heterocycles. The minimum Gasteiger partial charge on any atom is -0.387 e. The molecule has 19 heavy (non-hydrogen) atoms. The first-order valence-electron chi connectivity index (χ1n) is 6.01. The van der Waals surface area contributed by atoms with E-state index in [-0.39, 0.29) is 12.1 Å². The van der Waals surface area contributed by atoms with Crippen molar-refractivity contribution in [3.05, 3.63) is 68.5 Å². The lowest BCUT2D eigenvalue weighted by Crippen LogP contribution is -2.40. The van der Waals surface area contributed by atoms with Gasteiger partial charge in [-0.1, -0.05) is 30.3 Å². The number of aliphatic hydroxyl groups excluding tert-OH is 1. The lowest BCUT2D eigenvalue weighted by atomic mass is 10.1. The standard InChI is InChI=1S/C14H16N2O3/c1-10-8-15(2)14(19)16(13(10)18)9-12(17)11-6-4-3-5-7-11/h3-8,12,17H,9H2,1-2H3. The highest BCUT2D eigenvalue weighted by Gasteiger charge is 2.13. The molecule has 0 radical (unpaired) electrons. The first kappa shape index (κ1) is 13.3. The van der Waals surface area contributed by atoms with Crippen molar-refractivity contribution >= 4 is 0 Å². The monoisotopic (exact) mass is 260 g/mol. The van der Waals surface area contributed by atoms with Crippen LogP contribution >= 0.6 is 0 Å². The Balaban J connectivity index is 2.40. The predicted molar refractivity (Wildman–Crippen MR) is 72.1 cm³/mol. The summed E-state index contributed by atoms with van der Waals surface area (Å²) in [6.07, 6.45) is 0.615. The van der Waals surface area contributed by atoms with Crippen molar-refractivity contribution in [2.75, 3.05) is 0 Å². The molecule has 0 fully saturated rings. The first-order chi connectivity index (χ1) is 9.00. The summed E-state index contributed by atoms with van der Waals surface area (Å²) in [5, 5.41) is 10.1. The van der Waals surface area contributed by atoms with Gasteiger partial charge in [0.2, 0.25) is 0 Å². The minimum absolute atomic E-state index is 0.0444. The van der Waals surface area contributed by atoms with Crippen LogP contribution in [0.5, 0.6) is 0 Å². The van der Waals surface area contributed by atoms with Crippen molar-refractivity contribution < 1.29 is 5.11 Å².